The number of nitrogens with zero attached hydrogens (tertiary/aromatic N) is 6. The highest BCUT2D eigenvalue weighted by Gasteiger charge is 2.24. The van der Waals surface area contributed by atoms with Crippen molar-refractivity contribution < 1.29 is 0 Å². The van der Waals surface area contributed by atoms with Gasteiger partial charge in [-0.15, -0.1) is 0 Å². The Morgan fingerprint density at radius 3 is 0.794 bits per heavy atom. The van der Waals surface area contributed by atoms with Gasteiger partial charge in [-0.05, 0) is 258 Å². The molecule has 0 atom stereocenters. The molecule has 29 rings (SSSR count). The van der Waals surface area contributed by atoms with Gasteiger partial charge >= 0.3 is 0 Å². The van der Waals surface area contributed by atoms with Crippen LogP contribution < -0.4 is 0 Å². The second-order valence-electron chi connectivity index (χ2n) is 35.8. The number of hydrogen-bond acceptors (Lipinski definition) is 0. The van der Waals surface area contributed by atoms with Gasteiger partial charge in [0.15, 0.2) is 0 Å². The monoisotopic (exact) mass is 1730 g/mol. The molecule has 6 aromatic heterocycles. The second kappa shape index (κ2) is 31.9. The van der Waals surface area contributed by atoms with E-state index in [1.807, 2.05) is 0 Å². The summed E-state index contributed by atoms with van der Waals surface area (Å²) < 4.78 is 14.4. The van der Waals surface area contributed by atoms with E-state index < -0.39 is 0 Å². The molecule has 6 heterocycles. The average Bonchev–Trinajstić information content (AvgIpc) is 1.57. The normalized spacial score (nSPS) is 11.8. The number of fused-ring (bicyclic) bond motifs is 25. The van der Waals surface area contributed by atoms with Crippen molar-refractivity contribution in [1.29, 1.82) is 0 Å². The molecule has 0 unspecified atom stereocenters. The quantitative estimate of drug-likeness (QED) is 0.131. The maximum Gasteiger partial charge on any atom is 0.0619 e. The van der Waals surface area contributed by atoms with E-state index in [0.717, 1.165) is 0 Å². The first-order valence-corrected chi connectivity index (χ1v) is 46.8. The molecule has 0 aliphatic rings. The minimum absolute atomic E-state index is 1.17. The van der Waals surface area contributed by atoms with Gasteiger partial charge in [0.1, 0.15) is 0 Å². The SMILES string of the molecule is c1ccc(-c2cccc(-n3c4ccccc4c4cc(-c5ccc6c(c5)c5ccccc5n6-c5ccc6ccccc6c5)ccc43)c2)cc1.c1ccc(-n2c3ccc(-c4ccc5c(c4)c4c6ccccc6ccc4n5-c4ccccc4)cc3c3c4ccccc4ccc32)cc1.c1ccc(-n2c3ccccc3c3cc(-c4ccc5c(c4)c4ccc6ccccc6c4n5-c4ccccc4)ccc32)cc1. The summed E-state index contributed by atoms with van der Waals surface area (Å²) in [6.45, 7) is 0. The molecule has 0 radical (unpaired) electrons. The van der Waals surface area contributed by atoms with Gasteiger partial charge < -0.3 is 27.4 Å². The van der Waals surface area contributed by atoms with Crippen LogP contribution in [0.4, 0.5) is 0 Å². The number of hydrogen-bond donors (Lipinski definition) is 0. The molecule has 0 saturated heterocycles. The van der Waals surface area contributed by atoms with Crippen molar-refractivity contribution in [3.05, 3.63) is 510 Å². The number of para-hydroxylation sites is 7. The molecule has 0 aliphatic heterocycles. The Bertz CT molecular complexity index is 9660. The second-order valence-corrected chi connectivity index (χ2v) is 35.8. The summed E-state index contributed by atoms with van der Waals surface area (Å²) in [4.78, 5) is 0. The van der Waals surface area contributed by atoms with Crippen LogP contribution in [0.2, 0.25) is 0 Å². The predicted octanol–water partition coefficient (Wildman–Crippen LogP) is 34.9. The third-order valence-corrected chi connectivity index (χ3v) is 28.2. The Kier molecular flexibility index (Phi) is 18.2. The average molecular weight is 1730 g/mol. The van der Waals surface area contributed by atoms with E-state index in [2.05, 4.69) is 537 Å². The van der Waals surface area contributed by atoms with Crippen LogP contribution in [0.5, 0.6) is 0 Å². The van der Waals surface area contributed by atoms with Crippen LogP contribution >= 0.6 is 0 Å². The van der Waals surface area contributed by atoms with Gasteiger partial charge in [0.05, 0.1) is 66.2 Å². The highest BCUT2D eigenvalue weighted by molar-refractivity contribution is 6.25. The number of benzene rings is 23. The summed E-state index contributed by atoms with van der Waals surface area (Å²) in [5, 5.41) is 25.4. The maximum absolute atomic E-state index is 2.42. The topological polar surface area (TPSA) is 29.6 Å². The molecule has 6 nitrogen and oxygen atoms in total. The van der Waals surface area contributed by atoms with Crippen molar-refractivity contribution in [2.75, 3.05) is 0 Å². The van der Waals surface area contributed by atoms with E-state index >= 15 is 0 Å². The standard InChI is InChI=1S/C46H30N2.C44H28N2.C40H26N2/c1-2-11-31(12-3-1)34-15-10-16-37(27-34)47-43-19-8-6-17-39(43)41-29-35(22-25-45(41)47)36-23-26-46-42(30-36)40-18-7-9-20-44(40)48(46)38-24-21-32-13-4-5-14-33(32)28-38;1-3-13-33(14-4-1)45-39-23-21-31(27-37(39)43-35-17-9-7-11-29(35)19-25-41(43)45)32-22-24-40-38(28-32)44-36-18-10-8-12-30(36)20-26-42(44)46(40)34-15-5-2-6-16-34;1-3-12-30(13-4-1)41-37-18-10-9-17-33(37)35-25-28(20-23-38(35)41)29-21-24-39-36(26-29)34-22-19-27-11-7-8-16-32(27)40(34)42(39)31-14-5-2-6-15-31/h1-30H;1-28H;1-26H. The molecule has 0 aliphatic carbocycles. The smallest absolute Gasteiger partial charge is 0.0619 e. The first-order chi connectivity index (χ1) is 67.5. The van der Waals surface area contributed by atoms with E-state index in [1.54, 1.807) is 0 Å². The number of rotatable bonds is 10. The fourth-order valence-electron chi connectivity index (χ4n) is 22.1. The van der Waals surface area contributed by atoms with Crippen LogP contribution in [-0.4, -0.2) is 27.4 Å². The summed E-state index contributed by atoms with van der Waals surface area (Å²) in [6, 6.07) is 185. The Hall–Kier alpha value is -18.1. The van der Waals surface area contributed by atoms with Crippen LogP contribution in [0.25, 0.3) is 253 Å². The van der Waals surface area contributed by atoms with Gasteiger partial charge in [-0.2, -0.15) is 0 Å². The zero-order valence-corrected chi connectivity index (χ0v) is 74.2. The summed E-state index contributed by atoms with van der Waals surface area (Å²) in [6.07, 6.45) is 0. The molecule has 0 amide bonds. The molecule has 0 N–H and O–H groups in total. The fourth-order valence-corrected chi connectivity index (χ4v) is 22.1. The molecule has 634 valence electrons. The van der Waals surface area contributed by atoms with Crippen molar-refractivity contribution in [3.8, 4) is 78.6 Å². The fraction of sp³-hybridized carbons (Fsp3) is 0. The van der Waals surface area contributed by atoms with Crippen molar-refractivity contribution >= 4 is 174 Å². The zero-order chi connectivity index (χ0) is 89.4. The lowest BCUT2D eigenvalue weighted by molar-refractivity contribution is 1.18. The molecular weight excluding hydrogens is 1650 g/mol. The molecule has 23 aromatic carbocycles. The summed E-state index contributed by atoms with van der Waals surface area (Å²) in [5.74, 6) is 0. The van der Waals surface area contributed by atoms with Gasteiger partial charge in [0.25, 0.3) is 0 Å². The van der Waals surface area contributed by atoms with Gasteiger partial charge in [0, 0.05) is 104 Å². The van der Waals surface area contributed by atoms with Crippen LogP contribution in [0.3, 0.4) is 0 Å². The first kappa shape index (κ1) is 77.8. The zero-order valence-electron chi connectivity index (χ0n) is 74.2. The van der Waals surface area contributed by atoms with Gasteiger partial charge in [-0.25, -0.2) is 0 Å². The largest absolute Gasteiger partial charge is 0.309 e. The Morgan fingerprint density at radius 2 is 0.360 bits per heavy atom. The van der Waals surface area contributed by atoms with Crippen molar-refractivity contribution in [2.24, 2.45) is 0 Å². The van der Waals surface area contributed by atoms with Crippen LogP contribution in [0.15, 0.2) is 510 Å². The Labute approximate surface area is 784 Å². The minimum atomic E-state index is 1.17. The lowest BCUT2D eigenvalue weighted by Crippen LogP contribution is -1.94. The van der Waals surface area contributed by atoms with E-state index in [0.29, 0.717) is 0 Å². The minimum Gasteiger partial charge on any atom is -0.309 e. The van der Waals surface area contributed by atoms with E-state index in [9.17, 15) is 0 Å². The first-order valence-electron chi connectivity index (χ1n) is 46.8. The highest BCUT2D eigenvalue weighted by atomic mass is 15.0. The molecule has 0 spiro atoms. The van der Waals surface area contributed by atoms with Gasteiger partial charge in [0.2, 0.25) is 0 Å². The molecular formula is C130H84N6. The third kappa shape index (κ3) is 12.7. The van der Waals surface area contributed by atoms with Crippen molar-refractivity contribution in [1.82, 2.24) is 27.4 Å². The molecule has 0 fully saturated rings. The molecule has 29 aromatic rings. The van der Waals surface area contributed by atoms with Gasteiger partial charge in [-0.3, -0.25) is 0 Å². The summed E-state index contributed by atoms with van der Waals surface area (Å²) in [7, 11) is 0. The molecule has 6 heteroatoms. The Balaban J connectivity index is 0.000000104. The molecule has 0 saturated carbocycles. The summed E-state index contributed by atoms with van der Waals surface area (Å²) >= 11 is 0. The third-order valence-electron chi connectivity index (χ3n) is 28.2. The van der Waals surface area contributed by atoms with Gasteiger partial charge in [-0.1, -0.05) is 334 Å². The van der Waals surface area contributed by atoms with E-state index in [-0.39, 0.29) is 0 Å². The lowest BCUT2D eigenvalue weighted by Gasteiger charge is -2.11. The molecule has 136 heavy (non-hydrogen) atoms. The van der Waals surface area contributed by atoms with Crippen LogP contribution in [0, 0.1) is 0 Å². The summed E-state index contributed by atoms with van der Waals surface area (Å²) in [5.41, 5.74) is 31.5. The number of aromatic nitrogens is 6. The Morgan fingerprint density at radius 1 is 0.103 bits per heavy atom. The maximum atomic E-state index is 2.42. The van der Waals surface area contributed by atoms with E-state index in [4.69, 9.17) is 0 Å². The predicted molar refractivity (Wildman–Crippen MR) is 577 cm³/mol. The van der Waals surface area contributed by atoms with Crippen LogP contribution in [0.1, 0.15) is 0 Å². The van der Waals surface area contributed by atoms with Crippen molar-refractivity contribution in [2.45, 2.75) is 0 Å². The van der Waals surface area contributed by atoms with E-state index in [1.165, 1.54) is 253 Å². The lowest BCUT2D eigenvalue weighted by atomic mass is 9.98. The highest BCUT2D eigenvalue weighted by Crippen LogP contribution is 2.47. The van der Waals surface area contributed by atoms with Crippen molar-refractivity contribution in [3.63, 3.8) is 0 Å². The van der Waals surface area contributed by atoms with Crippen LogP contribution in [-0.2, 0) is 0 Å². The molecule has 0 bridgehead atoms.